The summed E-state index contributed by atoms with van der Waals surface area (Å²) in [5.74, 6) is -0.655. The van der Waals surface area contributed by atoms with Crippen molar-refractivity contribution in [1.29, 1.82) is 0 Å². The minimum atomic E-state index is -0.655. The second kappa shape index (κ2) is 3.44. The summed E-state index contributed by atoms with van der Waals surface area (Å²) in [6, 6.07) is 0. The third-order valence-corrected chi connectivity index (χ3v) is 2.71. The molecule has 0 heterocycles. The Balaban J connectivity index is 2.44. The topological polar surface area (TPSA) is 46.5 Å². The summed E-state index contributed by atoms with van der Waals surface area (Å²) in [4.78, 5) is 10.8. The molecule has 1 aliphatic carbocycles. The van der Waals surface area contributed by atoms with Crippen LogP contribution in [0.4, 0.5) is 0 Å². The zero-order valence-electron chi connectivity index (χ0n) is 7.67. The molecule has 0 saturated heterocycles. The first-order chi connectivity index (χ1) is 5.64. The summed E-state index contributed by atoms with van der Waals surface area (Å²) >= 11 is 0. The first kappa shape index (κ1) is 9.52. The molecule has 1 rings (SSSR count). The fourth-order valence-corrected chi connectivity index (χ4v) is 1.49. The van der Waals surface area contributed by atoms with Crippen molar-refractivity contribution in [3.63, 3.8) is 0 Å². The van der Waals surface area contributed by atoms with Crippen molar-refractivity contribution in [1.82, 2.24) is 0 Å². The maximum Gasteiger partial charge on any atom is 0.309 e. The van der Waals surface area contributed by atoms with Crippen LogP contribution in [0.2, 0.25) is 0 Å². The van der Waals surface area contributed by atoms with Crippen molar-refractivity contribution in [3.8, 4) is 0 Å². The van der Waals surface area contributed by atoms with E-state index in [1.807, 2.05) is 6.92 Å². The molecular weight excluding hydrogens is 156 g/mol. The largest absolute Gasteiger partial charge is 0.481 e. The van der Waals surface area contributed by atoms with Gasteiger partial charge in [0.15, 0.2) is 0 Å². The predicted molar refractivity (Wildman–Crippen MR) is 45.0 cm³/mol. The molecule has 1 N–H and O–H groups in total. The van der Waals surface area contributed by atoms with Gasteiger partial charge in [-0.3, -0.25) is 4.79 Å². The number of methoxy groups -OCH3 is 1. The van der Waals surface area contributed by atoms with Gasteiger partial charge in [-0.05, 0) is 25.7 Å². The molecule has 0 aliphatic heterocycles. The Kier molecular flexibility index (Phi) is 2.73. The number of carboxylic acids is 1. The van der Waals surface area contributed by atoms with Gasteiger partial charge in [0, 0.05) is 7.11 Å². The number of rotatable bonds is 5. The quantitative estimate of drug-likeness (QED) is 0.686. The second-order valence-corrected chi connectivity index (χ2v) is 3.56. The average Bonchev–Trinajstić information content (AvgIpc) is 2.81. The third-order valence-electron chi connectivity index (χ3n) is 2.71. The van der Waals surface area contributed by atoms with E-state index in [0.29, 0.717) is 6.42 Å². The molecule has 1 saturated carbocycles. The standard InChI is InChI=1S/C9H16O3/c1-3-7(12-2)6-9(4-5-9)8(10)11/h7H,3-6H2,1-2H3,(H,10,11). The number of ether oxygens (including phenoxy) is 1. The van der Waals surface area contributed by atoms with Gasteiger partial charge in [-0.15, -0.1) is 0 Å². The Labute approximate surface area is 72.7 Å². The smallest absolute Gasteiger partial charge is 0.309 e. The van der Waals surface area contributed by atoms with Gasteiger partial charge in [-0.25, -0.2) is 0 Å². The van der Waals surface area contributed by atoms with Crippen LogP contribution in [0.5, 0.6) is 0 Å². The van der Waals surface area contributed by atoms with Crippen molar-refractivity contribution in [3.05, 3.63) is 0 Å². The number of aliphatic carboxylic acids is 1. The van der Waals surface area contributed by atoms with Gasteiger partial charge in [0.2, 0.25) is 0 Å². The summed E-state index contributed by atoms with van der Waals surface area (Å²) in [5.41, 5.74) is -0.434. The first-order valence-corrected chi connectivity index (χ1v) is 4.41. The van der Waals surface area contributed by atoms with Crippen molar-refractivity contribution in [2.45, 2.75) is 38.7 Å². The molecule has 1 aliphatic rings. The summed E-state index contributed by atoms with van der Waals surface area (Å²) in [7, 11) is 1.64. The first-order valence-electron chi connectivity index (χ1n) is 4.41. The molecule has 1 fully saturated rings. The van der Waals surface area contributed by atoms with Gasteiger partial charge >= 0.3 is 5.97 Å². The number of carboxylic acid groups (broad SMARTS) is 1. The van der Waals surface area contributed by atoms with Gasteiger partial charge in [-0.1, -0.05) is 6.92 Å². The zero-order chi connectivity index (χ0) is 9.19. The lowest BCUT2D eigenvalue weighted by atomic mass is 9.97. The van der Waals surface area contributed by atoms with Crippen LogP contribution < -0.4 is 0 Å². The van der Waals surface area contributed by atoms with Crippen LogP contribution in [0.15, 0.2) is 0 Å². The van der Waals surface area contributed by atoms with Gasteiger partial charge in [-0.2, -0.15) is 0 Å². The summed E-state index contributed by atoms with van der Waals surface area (Å²) in [5, 5.41) is 8.89. The molecule has 1 atom stereocenters. The maximum absolute atomic E-state index is 10.8. The Morgan fingerprint density at radius 1 is 1.67 bits per heavy atom. The molecular formula is C9H16O3. The van der Waals surface area contributed by atoms with Gasteiger partial charge in [0.05, 0.1) is 11.5 Å². The van der Waals surface area contributed by atoms with Crippen LogP contribution in [-0.4, -0.2) is 24.3 Å². The molecule has 1 unspecified atom stereocenters. The van der Waals surface area contributed by atoms with Crippen molar-refractivity contribution >= 4 is 5.97 Å². The van der Waals surface area contributed by atoms with Crippen LogP contribution in [0.1, 0.15) is 32.6 Å². The van der Waals surface area contributed by atoms with Crippen molar-refractivity contribution < 1.29 is 14.6 Å². The van der Waals surface area contributed by atoms with Crippen LogP contribution in [0.3, 0.4) is 0 Å². The van der Waals surface area contributed by atoms with E-state index in [2.05, 4.69) is 0 Å². The molecule has 0 radical (unpaired) electrons. The third kappa shape index (κ3) is 1.78. The lowest BCUT2D eigenvalue weighted by Gasteiger charge is -2.17. The van der Waals surface area contributed by atoms with E-state index in [4.69, 9.17) is 9.84 Å². The average molecular weight is 172 g/mol. The van der Waals surface area contributed by atoms with Gasteiger partial charge < -0.3 is 9.84 Å². The SMILES string of the molecule is CCC(CC1(C(=O)O)CC1)OC. The molecule has 0 aromatic rings. The Morgan fingerprint density at radius 3 is 2.50 bits per heavy atom. The van der Waals surface area contributed by atoms with Crippen LogP contribution in [0, 0.1) is 5.41 Å². The molecule has 0 spiro atoms. The summed E-state index contributed by atoms with van der Waals surface area (Å²) < 4.78 is 5.16. The molecule has 3 nitrogen and oxygen atoms in total. The highest BCUT2D eigenvalue weighted by molar-refractivity contribution is 5.77. The molecule has 70 valence electrons. The predicted octanol–water partition coefficient (Wildman–Crippen LogP) is 1.67. The highest BCUT2D eigenvalue weighted by atomic mass is 16.5. The Bertz CT molecular complexity index is 169. The Morgan fingerprint density at radius 2 is 2.25 bits per heavy atom. The van der Waals surface area contributed by atoms with E-state index in [1.165, 1.54) is 0 Å². The van der Waals surface area contributed by atoms with Crippen molar-refractivity contribution in [2.24, 2.45) is 5.41 Å². The molecule has 0 bridgehead atoms. The lowest BCUT2D eigenvalue weighted by Crippen LogP contribution is -2.22. The van der Waals surface area contributed by atoms with E-state index in [9.17, 15) is 4.79 Å². The Hall–Kier alpha value is -0.570. The fraction of sp³-hybridized carbons (Fsp3) is 0.889. The number of hydrogen-bond donors (Lipinski definition) is 1. The normalized spacial score (nSPS) is 21.8. The number of carbonyl (C=O) groups is 1. The second-order valence-electron chi connectivity index (χ2n) is 3.56. The lowest BCUT2D eigenvalue weighted by molar-refractivity contribution is -0.144. The van der Waals surface area contributed by atoms with E-state index in [-0.39, 0.29) is 6.10 Å². The molecule has 0 amide bonds. The molecule has 0 aromatic carbocycles. The molecule has 3 heteroatoms. The maximum atomic E-state index is 10.8. The number of hydrogen-bond acceptors (Lipinski definition) is 2. The monoisotopic (exact) mass is 172 g/mol. The minimum Gasteiger partial charge on any atom is -0.481 e. The zero-order valence-corrected chi connectivity index (χ0v) is 7.67. The minimum absolute atomic E-state index is 0.114. The van der Waals surface area contributed by atoms with E-state index in [1.54, 1.807) is 7.11 Å². The molecule has 0 aromatic heterocycles. The van der Waals surface area contributed by atoms with Crippen LogP contribution in [0.25, 0.3) is 0 Å². The highest BCUT2D eigenvalue weighted by Gasteiger charge is 2.51. The van der Waals surface area contributed by atoms with E-state index >= 15 is 0 Å². The van der Waals surface area contributed by atoms with E-state index in [0.717, 1.165) is 19.3 Å². The van der Waals surface area contributed by atoms with E-state index < -0.39 is 11.4 Å². The summed E-state index contributed by atoms with van der Waals surface area (Å²) in [6.07, 6.45) is 3.33. The van der Waals surface area contributed by atoms with Crippen LogP contribution >= 0.6 is 0 Å². The van der Waals surface area contributed by atoms with Crippen LogP contribution in [-0.2, 0) is 9.53 Å². The van der Waals surface area contributed by atoms with Gasteiger partial charge in [0.25, 0.3) is 0 Å². The van der Waals surface area contributed by atoms with Gasteiger partial charge in [0.1, 0.15) is 0 Å². The summed E-state index contributed by atoms with van der Waals surface area (Å²) in [6.45, 7) is 2.02. The molecule has 12 heavy (non-hydrogen) atoms. The van der Waals surface area contributed by atoms with Crippen molar-refractivity contribution in [2.75, 3.05) is 7.11 Å². The fourth-order valence-electron chi connectivity index (χ4n) is 1.49. The highest BCUT2D eigenvalue weighted by Crippen LogP contribution is 2.50.